The molecule has 0 heterocycles. The molecule has 0 amide bonds. The van der Waals surface area contributed by atoms with Crippen molar-refractivity contribution in [3.05, 3.63) is 125 Å². The molecule has 4 aromatic rings. The Kier molecular flexibility index (Phi) is 5.33. The molecule has 0 aromatic heterocycles. The minimum Gasteiger partial charge on any atom is -0.207 e. The predicted molar refractivity (Wildman–Crippen MR) is 129 cm³/mol. The van der Waals surface area contributed by atoms with Gasteiger partial charge in [-0.05, 0) is 68.8 Å². The first-order valence-electron chi connectivity index (χ1n) is 10.7. The molecule has 0 saturated heterocycles. The maximum Gasteiger partial charge on any atom is 0.123 e. The summed E-state index contributed by atoms with van der Waals surface area (Å²) >= 11 is 0. The van der Waals surface area contributed by atoms with Crippen LogP contribution in [0.5, 0.6) is 0 Å². The molecule has 150 valence electrons. The van der Waals surface area contributed by atoms with E-state index in [0.717, 1.165) is 24.0 Å². The van der Waals surface area contributed by atoms with Gasteiger partial charge in [0.25, 0.3) is 0 Å². The molecule has 0 fully saturated rings. The molecule has 0 spiro atoms. The summed E-state index contributed by atoms with van der Waals surface area (Å²) in [6, 6.07) is 32.4. The highest BCUT2D eigenvalue weighted by molar-refractivity contribution is 5.75. The van der Waals surface area contributed by atoms with Crippen LogP contribution in [-0.4, -0.2) is 0 Å². The van der Waals surface area contributed by atoms with E-state index in [9.17, 15) is 4.39 Å². The molecule has 31 heavy (non-hydrogen) atoms. The van der Waals surface area contributed by atoms with Crippen molar-refractivity contribution in [1.29, 1.82) is 0 Å². The zero-order valence-electron chi connectivity index (χ0n) is 17.3. The number of halogens is 1. The molecular weight excluding hydrogens is 379 g/mol. The summed E-state index contributed by atoms with van der Waals surface area (Å²) in [5.74, 6) is -0.209. The zero-order valence-corrected chi connectivity index (χ0v) is 17.3. The molecule has 0 bridgehead atoms. The van der Waals surface area contributed by atoms with Crippen LogP contribution in [0.3, 0.4) is 0 Å². The van der Waals surface area contributed by atoms with Crippen LogP contribution in [0, 0.1) is 5.82 Å². The number of allylic oxidation sites excluding steroid dienone is 2. The van der Waals surface area contributed by atoms with Gasteiger partial charge in [-0.3, -0.25) is 0 Å². The first-order chi connectivity index (χ1) is 15.3. The lowest BCUT2D eigenvalue weighted by Gasteiger charge is -2.10. The van der Waals surface area contributed by atoms with Crippen molar-refractivity contribution in [2.24, 2.45) is 0 Å². The van der Waals surface area contributed by atoms with E-state index in [1.54, 1.807) is 0 Å². The lowest BCUT2D eigenvalue weighted by molar-refractivity contribution is 0.628. The fourth-order valence-corrected chi connectivity index (χ4v) is 4.12. The molecule has 0 nitrogen and oxygen atoms in total. The molecule has 5 rings (SSSR count). The topological polar surface area (TPSA) is 0 Å². The molecular formula is C30H23F. The lowest BCUT2D eigenvalue weighted by Crippen LogP contribution is -2.23. The number of hydrogen-bond donors (Lipinski definition) is 0. The van der Waals surface area contributed by atoms with Gasteiger partial charge in [-0.25, -0.2) is 4.39 Å². The summed E-state index contributed by atoms with van der Waals surface area (Å²) in [4.78, 5) is 0. The Morgan fingerprint density at radius 3 is 1.55 bits per heavy atom. The Labute approximate surface area is 182 Å². The van der Waals surface area contributed by atoms with E-state index in [-0.39, 0.29) is 5.82 Å². The Bertz CT molecular complexity index is 1340. The van der Waals surface area contributed by atoms with Gasteiger partial charge in [0.2, 0.25) is 0 Å². The molecule has 1 aliphatic rings. The monoisotopic (exact) mass is 402 g/mol. The third-order valence-corrected chi connectivity index (χ3v) is 5.89. The largest absolute Gasteiger partial charge is 0.207 e. The highest BCUT2D eigenvalue weighted by Gasteiger charge is 2.05. The Morgan fingerprint density at radius 2 is 0.968 bits per heavy atom. The Balaban J connectivity index is 1.39. The van der Waals surface area contributed by atoms with Crippen LogP contribution < -0.4 is 10.4 Å². The lowest BCUT2D eigenvalue weighted by atomic mass is 9.95. The summed E-state index contributed by atoms with van der Waals surface area (Å²) < 4.78 is 13.2. The van der Waals surface area contributed by atoms with E-state index >= 15 is 0 Å². The molecule has 4 aromatic carbocycles. The zero-order chi connectivity index (χ0) is 21.0. The molecule has 0 aliphatic heterocycles. The van der Waals surface area contributed by atoms with Gasteiger partial charge in [0, 0.05) is 0 Å². The predicted octanol–water partition coefficient (Wildman–Crippen LogP) is 6.60. The van der Waals surface area contributed by atoms with Crippen LogP contribution in [0.25, 0.3) is 40.0 Å². The van der Waals surface area contributed by atoms with Crippen LogP contribution in [0.4, 0.5) is 4.39 Å². The molecule has 0 radical (unpaired) electrons. The summed E-state index contributed by atoms with van der Waals surface area (Å²) in [5, 5.41) is 2.59. The van der Waals surface area contributed by atoms with E-state index < -0.39 is 0 Å². The molecule has 1 aliphatic carbocycles. The highest BCUT2D eigenvalue weighted by atomic mass is 19.1. The molecule has 0 saturated carbocycles. The van der Waals surface area contributed by atoms with E-state index in [1.807, 2.05) is 12.1 Å². The third kappa shape index (κ3) is 4.27. The highest BCUT2D eigenvalue weighted by Crippen LogP contribution is 2.28. The second-order valence-electron chi connectivity index (χ2n) is 7.89. The molecule has 0 N–H and O–H groups in total. The average Bonchev–Trinajstić information content (AvgIpc) is 2.81. The fraction of sp³-hybridized carbons (Fsp3) is 0.0667. The first-order valence-corrected chi connectivity index (χ1v) is 10.7. The quantitative estimate of drug-likeness (QED) is 0.362. The van der Waals surface area contributed by atoms with Gasteiger partial charge in [-0.1, -0.05) is 103 Å². The van der Waals surface area contributed by atoms with E-state index in [4.69, 9.17) is 0 Å². The summed E-state index contributed by atoms with van der Waals surface area (Å²) in [5.41, 5.74) is 7.13. The minimum atomic E-state index is -0.209. The first kappa shape index (κ1) is 19.3. The van der Waals surface area contributed by atoms with Crippen molar-refractivity contribution in [1.82, 2.24) is 0 Å². The maximum absolute atomic E-state index is 13.2. The maximum atomic E-state index is 13.2. The minimum absolute atomic E-state index is 0.209. The van der Waals surface area contributed by atoms with Gasteiger partial charge in [0.15, 0.2) is 0 Å². The van der Waals surface area contributed by atoms with Gasteiger partial charge < -0.3 is 0 Å². The second-order valence-corrected chi connectivity index (χ2v) is 7.89. The molecule has 1 heteroatoms. The molecule has 0 unspecified atom stereocenters. The van der Waals surface area contributed by atoms with Crippen LogP contribution in [-0.2, 0) is 0 Å². The van der Waals surface area contributed by atoms with Crippen molar-refractivity contribution >= 4 is 17.7 Å². The summed E-state index contributed by atoms with van der Waals surface area (Å²) in [6.45, 7) is 0. The van der Waals surface area contributed by atoms with E-state index in [0.29, 0.717) is 0 Å². The van der Waals surface area contributed by atoms with E-state index in [1.165, 1.54) is 44.8 Å². The van der Waals surface area contributed by atoms with Crippen LogP contribution in [0.15, 0.2) is 103 Å². The van der Waals surface area contributed by atoms with Crippen molar-refractivity contribution in [2.75, 3.05) is 0 Å². The summed E-state index contributed by atoms with van der Waals surface area (Å²) in [6.07, 6.45) is 8.90. The van der Waals surface area contributed by atoms with Crippen LogP contribution in [0.2, 0.25) is 0 Å². The normalized spacial score (nSPS) is 17.0. The van der Waals surface area contributed by atoms with Crippen LogP contribution >= 0.6 is 0 Å². The van der Waals surface area contributed by atoms with Crippen molar-refractivity contribution < 1.29 is 4.39 Å². The smallest absolute Gasteiger partial charge is 0.123 e. The van der Waals surface area contributed by atoms with E-state index in [2.05, 4.69) is 91.0 Å². The van der Waals surface area contributed by atoms with Crippen molar-refractivity contribution in [3.8, 4) is 22.3 Å². The third-order valence-electron chi connectivity index (χ3n) is 5.89. The Morgan fingerprint density at radius 1 is 0.484 bits per heavy atom. The van der Waals surface area contributed by atoms with Gasteiger partial charge in [-0.15, -0.1) is 0 Å². The van der Waals surface area contributed by atoms with Gasteiger partial charge in [-0.2, -0.15) is 0 Å². The fourth-order valence-electron chi connectivity index (χ4n) is 4.12. The number of benzene rings is 4. The van der Waals surface area contributed by atoms with Gasteiger partial charge in [0.1, 0.15) is 5.82 Å². The SMILES string of the molecule is Fc1ccc(-c2ccc(-c3ccc(/C4=C/C=c5/cccc/c5=C/CC4)cc3)cc2)cc1. The van der Waals surface area contributed by atoms with Gasteiger partial charge >= 0.3 is 0 Å². The number of hydrogen-bond acceptors (Lipinski definition) is 0. The van der Waals surface area contributed by atoms with Crippen molar-refractivity contribution in [3.63, 3.8) is 0 Å². The number of fused-ring (bicyclic) bond motifs is 1. The standard InChI is InChI=1S/C30H23F/c31-30-20-18-29(19-21-30)28-16-14-27(15-17-28)26-12-10-25(11-13-26)24-7-3-6-22-4-1-2-5-23(22)8-9-24/h1-2,4-6,8-21H,3,7H2/b22-6-,23-8-,24-9+. The average molecular weight is 403 g/mol. The van der Waals surface area contributed by atoms with Gasteiger partial charge in [0.05, 0.1) is 0 Å². The van der Waals surface area contributed by atoms with Crippen LogP contribution in [0.1, 0.15) is 18.4 Å². The number of rotatable bonds is 3. The second kappa shape index (κ2) is 8.57. The Hall–Kier alpha value is -3.71. The van der Waals surface area contributed by atoms with Crippen molar-refractivity contribution in [2.45, 2.75) is 12.8 Å². The molecule has 0 atom stereocenters. The summed E-state index contributed by atoms with van der Waals surface area (Å²) in [7, 11) is 0.